The molecule has 3 heterocycles. The monoisotopic (exact) mass is 397 g/mol. The number of amides is 1. The van der Waals surface area contributed by atoms with Crippen molar-refractivity contribution in [2.75, 3.05) is 11.9 Å². The lowest BCUT2D eigenvalue weighted by atomic mass is 9.97. The van der Waals surface area contributed by atoms with E-state index < -0.39 is 0 Å². The summed E-state index contributed by atoms with van der Waals surface area (Å²) in [6.45, 7) is 3.11. The summed E-state index contributed by atoms with van der Waals surface area (Å²) in [5.41, 5.74) is 3.11. The van der Waals surface area contributed by atoms with E-state index in [1.165, 1.54) is 48.9 Å². The van der Waals surface area contributed by atoms with Gasteiger partial charge in [0.1, 0.15) is 28.9 Å². The zero-order valence-corrected chi connectivity index (χ0v) is 16.6. The summed E-state index contributed by atoms with van der Waals surface area (Å²) in [6, 6.07) is 1.73. The van der Waals surface area contributed by atoms with E-state index in [2.05, 4.69) is 31.8 Å². The van der Waals surface area contributed by atoms with Crippen molar-refractivity contribution in [3.63, 3.8) is 0 Å². The van der Waals surface area contributed by atoms with E-state index in [9.17, 15) is 4.79 Å². The number of anilines is 1. The molecule has 0 bridgehead atoms. The quantitative estimate of drug-likeness (QED) is 0.580. The van der Waals surface area contributed by atoms with Gasteiger partial charge >= 0.3 is 0 Å². The Morgan fingerprint density at radius 1 is 1.32 bits per heavy atom. The van der Waals surface area contributed by atoms with Crippen molar-refractivity contribution in [3.8, 4) is 0 Å². The number of aromatic nitrogens is 3. The van der Waals surface area contributed by atoms with Gasteiger partial charge in [0.25, 0.3) is 5.91 Å². The van der Waals surface area contributed by atoms with Gasteiger partial charge in [-0.25, -0.2) is 9.97 Å². The zero-order chi connectivity index (χ0) is 19.3. The minimum atomic E-state index is -0.137. The summed E-state index contributed by atoms with van der Waals surface area (Å²) in [7, 11) is 0. The standard InChI is InChI=1S/C20H23N5O2S/c1-13-16-18(21-9-7-14-5-3-2-4-6-14)23-12-24-20(16)28-17(13)19(26)22-11-15-8-10-27-25-15/h5,8,10,12H,2-4,6-7,9,11H2,1H3,(H,22,26)(H,21,23,24). The maximum Gasteiger partial charge on any atom is 0.262 e. The highest BCUT2D eigenvalue weighted by Crippen LogP contribution is 2.33. The molecule has 2 N–H and O–H groups in total. The van der Waals surface area contributed by atoms with Crippen LogP contribution < -0.4 is 10.6 Å². The second-order valence-electron chi connectivity index (χ2n) is 6.92. The lowest BCUT2D eigenvalue weighted by molar-refractivity contribution is 0.0953. The molecule has 0 saturated heterocycles. The van der Waals surface area contributed by atoms with Gasteiger partial charge in [0.05, 0.1) is 16.8 Å². The average Bonchev–Trinajstić information content (AvgIpc) is 3.35. The summed E-state index contributed by atoms with van der Waals surface area (Å²) in [5.74, 6) is 0.660. The van der Waals surface area contributed by atoms with Gasteiger partial charge in [0, 0.05) is 12.6 Å². The molecule has 0 aliphatic heterocycles. The van der Waals surface area contributed by atoms with Gasteiger partial charge in [0.2, 0.25) is 0 Å². The number of nitrogens with one attached hydrogen (secondary N) is 2. The van der Waals surface area contributed by atoms with Crippen molar-refractivity contribution >= 4 is 33.3 Å². The first-order chi connectivity index (χ1) is 13.7. The Morgan fingerprint density at radius 3 is 3.04 bits per heavy atom. The van der Waals surface area contributed by atoms with Gasteiger partial charge < -0.3 is 15.2 Å². The van der Waals surface area contributed by atoms with Crippen molar-refractivity contribution in [1.82, 2.24) is 20.4 Å². The van der Waals surface area contributed by atoms with Crippen LogP contribution in [0.25, 0.3) is 10.2 Å². The second kappa shape index (κ2) is 8.52. The molecule has 3 aromatic rings. The van der Waals surface area contributed by atoms with Crippen LogP contribution in [0.3, 0.4) is 0 Å². The normalized spacial score (nSPS) is 14.1. The number of thiophene rings is 1. The molecular formula is C20H23N5O2S. The van der Waals surface area contributed by atoms with Gasteiger partial charge in [0.15, 0.2) is 0 Å². The van der Waals surface area contributed by atoms with Gasteiger partial charge in [-0.2, -0.15) is 0 Å². The summed E-state index contributed by atoms with van der Waals surface area (Å²) in [4.78, 5) is 22.9. The number of allylic oxidation sites excluding steroid dienone is 1. The number of carbonyl (C=O) groups is 1. The number of hydrogen-bond donors (Lipinski definition) is 2. The first kappa shape index (κ1) is 18.6. The number of fused-ring (bicyclic) bond motifs is 1. The van der Waals surface area contributed by atoms with Crippen LogP contribution in [0, 0.1) is 6.92 Å². The Hall–Kier alpha value is -2.74. The fourth-order valence-corrected chi connectivity index (χ4v) is 4.54. The SMILES string of the molecule is Cc1c(C(=O)NCc2ccon2)sc2ncnc(NCCC3=CCCCC3)c12. The van der Waals surface area contributed by atoms with Crippen LogP contribution in [0.1, 0.15) is 53.0 Å². The van der Waals surface area contributed by atoms with Crippen molar-refractivity contribution in [2.45, 2.75) is 45.6 Å². The lowest BCUT2D eigenvalue weighted by Gasteiger charge is -2.13. The van der Waals surface area contributed by atoms with Crippen LogP contribution in [0.4, 0.5) is 5.82 Å². The van der Waals surface area contributed by atoms with E-state index >= 15 is 0 Å². The smallest absolute Gasteiger partial charge is 0.262 e. The number of rotatable bonds is 7. The van der Waals surface area contributed by atoms with E-state index in [1.807, 2.05) is 6.92 Å². The van der Waals surface area contributed by atoms with E-state index in [0.717, 1.165) is 34.6 Å². The van der Waals surface area contributed by atoms with Crippen LogP contribution in [-0.2, 0) is 6.54 Å². The number of nitrogens with zero attached hydrogens (tertiary/aromatic N) is 3. The van der Waals surface area contributed by atoms with Gasteiger partial charge in [-0.05, 0) is 44.6 Å². The maximum absolute atomic E-state index is 12.6. The van der Waals surface area contributed by atoms with Gasteiger partial charge in [-0.3, -0.25) is 4.79 Å². The fourth-order valence-electron chi connectivity index (χ4n) is 3.48. The third kappa shape index (κ3) is 4.06. The van der Waals surface area contributed by atoms with E-state index in [-0.39, 0.29) is 5.91 Å². The summed E-state index contributed by atoms with van der Waals surface area (Å²) >= 11 is 1.39. The molecule has 28 heavy (non-hydrogen) atoms. The number of aryl methyl sites for hydroxylation is 1. The molecule has 0 aromatic carbocycles. The zero-order valence-electron chi connectivity index (χ0n) is 15.8. The molecule has 7 nitrogen and oxygen atoms in total. The third-order valence-electron chi connectivity index (χ3n) is 4.98. The Bertz CT molecular complexity index is 994. The van der Waals surface area contributed by atoms with Gasteiger partial charge in [-0.15, -0.1) is 11.3 Å². The fraction of sp³-hybridized carbons (Fsp3) is 0.400. The Morgan fingerprint density at radius 2 is 2.25 bits per heavy atom. The molecule has 0 atom stereocenters. The van der Waals surface area contributed by atoms with E-state index in [0.29, 0.717) is 17.1 Å². The van der Waals surface area contributed by atoms with Crippen LogP contribution in [0.2, 0.25) is 0 Å². The van der Waals surface area contributed by atoms with E-state index in [4.69, 9.17) is 4.52 Å². The highest BCUT2D eigenvalue weighted by atomic mass is 32.1. The number of hydrogen-bond acceptors (Lipinski definition) is 7. The van der Waals surface area contributed by atoms with Crippen molar-refractivity contribution in [1.29, 1.82) is 0 Å². The van der Waals surface area contributed by atoms with E-state index in [1.54, 1.807) is 12.4 Å². The third-order valence-corrected chi connectivity index (χ3v) is 6.18. The van der Waals surface area contributed by atoms with Gasteiger partial charge in [-0.1, -0.05) is 16.8 Å². The average molecular weight is 398 g/mol. The van der Waals surface area contributed by atoms with Crippen molar-refractivity contribution in [2.24, 2.45) is 0 Å². The maximum atomic E-state index is 12.6. The number of carbonyl (C=O) groups excluding carboxylic acids is 1. The molecule has 146 valence electrons. The lowest BCUT2D eigenvalue weighted by Crippen LogP contribution is -2.22. The van der Waals surface area contributed by atoms with Crippen LogP contribution in [0.5, 0.6) is 0 Å². The molecule has 0 spiro atoms. The van der Waals surface area contributed by atoms with Crippen LogP contribution in [-0.4, -0.2) is 27.6 Å². The summed E-state index contributed by atoms with van der Waals surface area (Å²) in [6.07, 6.45) is 11.4. The Balaban J connectivity index is 1.47. The predicted molar refractivity (Wildman–Crippen MR) is 109 cm³/mol. The second-order valence-corrected chi connectivity index (χ2v) is 7.92. The Kier molecular flexibility index (Phi) is 5.66. The van der Waals surface area contributed by atoms with Crippen molar-refractivity contribution < 1.29 is 9.32 Å². The molecule has 4 rings (SSSR count). The molecule has 1 aliphatic rings. The highest BCUT2D eigenvalue weighted by molar-refractivity contribution is 7.20. The molecule has 0 fully saturated rings. The van der Waals surface area contributed by atoms with Crippen LogP contribution in [0.15, 0.2) is 34.8 Å². The minimum absolute atomic E-state index is 0.137. The molecular weight excluding hydrogens is 374 g/mol. The predicted octanol–water partition coefficient (Wildman–Crippen LogP) is 4.22. The molecule has 0 radical (unpaired) electrons. The van der Waals surface area contributed by atoms with Crippen molar-refractivity contribution in [3.05, 3.63) is 46.4 Å². The molecule has 1 aliphatic carbocycles. The molecule has 8 heteroatoms. The topological polar surface area (TPSA) is 92.9 Å². The minimum Gasteiger partial charge on any atom is -0.369 e. The largest absolute Gasteiger partial charge is 0.369 e. The highest BCUT2D eigenvalue weighted by Gasteiger charge is 2.19. The first-order valence-corrected chi connectivity index (χ1v) is 10.4. The summed E-state index contributed by atoms with van der Waals surface area (Å²) < 4.78 is 4.79. The molecule has 0 saturated carbocycles. The molecule has 3 aromatic heterocycles. The Labute approximate surface area is 167 Å². The first-order valence-electron chi connectivity index (χ1n) is 9.55. The molecule has 0 unspecified atom stereocenters. The molecule has 1 amide bonds. The summed E-state index contributed by atoms with van der Waals surface area (Å²) in [5, 5.41) is 11.1. The van der Waals surface area contributed by atoms with Crippen LogP contribution >= 0.6 is 11.3 Å².